The summed E-state index contributed by atoms with van der Waals surface area (Å²) in [6.45, 7) is 0. The monoisotopic (exact) mass is 257 g/mol. The zero-order valence-corrected chi connectivity index (χ0v) is 9.29. The van der Waals surface area contributed by atoms with Crippen molar-refractivity contribution in [3.05, 3.63) is 40.1 Å². The van der Waals surface area contributed by atoms with Gasteiger partial charge in [-0.15, -0.1) is 0 Å². The van der Waals surface area contributed by atoms with E-state index < -0.39 is 5.97 Å². The lowest BCUT2D eigenvalue weighted by molar-refractivity contribution is 0.0697. The first-order chi connectivity index (χ1) is 7.61. The van der Waals surface area contributed by atoms with Crippen LogP contribution in [0, 0.1) is 0 Å². The first kappa shape index (κ1) is 11.0. The molecule has 0 saturated heterocycles. The molecular weight excluding hydrogens is 253 g/mol. The van der Waals surface area contributed by atoms with Crippen molar-refractivity contribution in [1.29, 1.82) is 0 Å². The molecule has 1 aromatic carbocycles. The second kappa shape index (κ2) is 4.15. The zero-order valence-electron chi connectivity index (χ0n) is 7.78. The molecule has 0 bridgehead atoms. The van der Waals surface area contributed by atoms with Gasteiger partial charge in [-0.1, -0.05) is 34.4 Å². The Morgan fingerprint density at radius 1 is 1.31 bits per heavy atom. The SMILES string of the molecule is O=C(O)c1conc1-c1c(Cl)cccc1Cl. The Kier molecular flexibility index (Phi) is 2.85. The topological polar surface area (TPSA) is 63.3 Å². The number of aromatic nitrogens is 1. The van der Waals surface area contributed by atoms with Crippen LogP contribution < -0.4 is 0 Å². The molecule has 0 spiro atoms. The van der Waals surface area contributed by atoms with Crippen LogP contribution >= 0.6 is 23.2 Å². The molecule has 0 fully saturated rings. The van der Waals surface area contributed by atoms with Crippen molar-refractivity contribution in [1.82, 2.24) is 5.16 Å². The third kappa shape index (κ3) is 1.77. The Labute approximate surface area is 100 Å². The van der Waals surface area contributed by atoms with Crippen LogP contribution in [0.25, 0.3) is 11.3 Å². The van der Waals surface area contributed by atoms with Gasteiger partial charge in [0.15, 0.2) is 0 Å². The van der Waals surface area contributed by atoms with Crippen molar-refractivity contribution in [2.45, 2.75) is 0 Å². The Bertz CT molecular complexity index is 530. The average molecular weight is 258 g/mol. The Hall–Kier alpha value is -1.52. The Balaban J connectivity index is 2.68. The lowest BCUT2D eigenvalue weighted by atomic mass is 10.1. The molecule has 4 nitrogen and oxygen atoms in total. The summed E-state index contributed by atoms with van der Waals surface area (Å²) < 4.78 is 4.62. The maximum absolute atomic E-state index is 10.9. The molecule has 0 amide bonds. The molecule has 2 rings (SSSR count). The van der Waals surface area contributed by atoms with Crippen LogP contribution in [0.3, 0.4) is 0 Å². The van der Waals surface area contributed by atoms with E-state index in [4.69, 9.17) is 28.3 Å². The summed E-state index contributed by atoms with van der Waals surface area (Å²) in [5, 5.41) is 13.2. The number of benzene rings is 1. The Morgan fingerprint density at radius 2 is 1.94 bits per heavy atom. The zero-order chi connectivity index (χ0) is 11.7. The predicted molar refractivity (Wildman–Crippen MR) is 58.9 cm³/mol. The van der Waals surface area contributed by atoms with E-state index in [0.717, 1.165) is 6.26 Å². The fourth-order valence-corrected chi connectivity index (χ4v) is 1.87. The molecule has 0 radical (unpaired) electrons. The molecule has 0 aliphatic carbocycles. The van der Waals surface area contributed by atoms with Crippen molar-refractivity contribution >= 4 is 29.2 Å². The first-order valence-electron chi connectivity index (χ1n) is 4.23. The van der Waals surface area contributed by atoms with Crippen LogP contribution in [0.4, 0.5) is 0 Å². The first-order valence-corrected chi connectivity index (χ1v) is 4.99. The van der Waals surface area contributed by atoms with Crippen molar-refractivity contribution in [2.75, 3.05) is 0 Å². The predicted octanol–water partition coefficient (Wildman–Crippen LogP) is 3.35. The molecule has 16 heavy (non-hydrogen) atoms. The van der Waals surface area contributed by atoms with E-state index in [1.165, 1.54) is 0 Å². The van der Waals surface area contributed by atoms with Crippen molar-refractivity contribution in [2.24, 2.45) is 0 Å². The number of carboxylic acids is 1. The molecule has 1 aromatic heterocycles. The minimum absolute atomic E-state index is 0.0741. The maximum atomic E-state index is 10.9. The normalized spacial score (nSPS) is 10.4. The number of carbonyl (C=O) groups is 1. The molecule has 0 unspecified atom stereocenters. The Morgan fingerprint density at radius 3 is 2.50 bits per heavy atom. The molecule has 1 N–H and O–H groups in total. The highest BCUT2D eigenvalue weighted by Gasteiger charge is 2.20. The molecule has 0 saturated carbocycles. The van der Waals surface area contributed by atoms with Gasteiger partial charge in [0.25, 0.3) is 0 Å². The smallest absolute Gasteiger partial charge is 0.341 e. The van der Waals surface area contributed by atoms with E-state index in [1.807, 2.05) is 0 Å². The quantitative estimate of drug-likeness (QED) is 0.897. The molecule has 82 valence electrons. The van der Waals surface area contributed by atoms with E-state index in [2.05, 4.69) is 9.68 Å². The number of carboxylic acid groups (broad SMARTS) is 1. The van der Waals surface area contributed by atoms with E-state index in [-0.39, 0.29) is 11.3 Å². The lowest BCUT2D eigenvalue weighted by Gasteiger charge is -2.03. The highest BCUT2D eigenvalue weighted by Crippen LogP contribution is 2.35. The van der Waals surface area contributed by atoms with Crippen LogP contribution in [0.15, 0.2) is 29.0 Å². The molecule has 2 aromatic rings. The highest BCUT2D eigenvalue weighted by molar-refractivity contribution is 6.39. The summed E-state index contributed by atoms with van der Waals surface area (Å²) in [6, 6.07) is 4.86. The van der Waals surface area contributed by atoms with Gasteiger partial charge < -0.3 is 9.63 Å². The summed E-state index contributed by atoms with van der Waals surface area (Å²) in [7, 11) is 0. The number of rotatable bonds is 2. The fourth-order valence-electron chi connectivity index (χ4n) is 1.29. The van der Waals surface area contributed by atoms with Gasteiger partial charge in [-0.25, -0.2) is 4.79 Å². The summed E-state index contributed by atoms with van der Waals surface area (Å²) in [5.41, 5.74) is 0.412. The van der Waals surface area contributed by atoms with Crippen molar-refractivity contribution in [3.63, 3.8) is 0 Å². The van der Waals surface area contributed by atoms with E-state index in [9.17, 15) is 4.79 Å². The van der Waals surface area contributed by atoms with Gasteiger partial charge in [0.2, 0.25) is 0 Å². The van der Waals surface area contributed by atoms with Gasteiger partial charge in [-0.3, -0.25) is 0 Å². The van der Waals surface area contributed by atoms with Gasteiger partial charge in [0.1, 0.15) is 17.5 Å². The van der Waals surface area contributed by atoms with Crippen LogP contribution in [0.2, 0.25) is 10.0 Å². The van der Waals surface area contributed by atoms with E-state index in [0.29, 0.717) is 15.6 Å². The minimum atomic E-state index is -1.15. The van der Waals surface area contributed by atoms with E-state index >= 15 is 0 Å². The van der Waals surface area contributed by atoms with Crippen molar-refractivity contribution in [3.8, 4) is 11.3 Å². The average Bonchev–Trinajstić information content (AvgIpc) is 2.66. The molecule has 0 aliphatic heterocycles. The molecular formula is C10H5Cl2NO3. The molecule has 1 heterocycles. The highest BCUT2D eigenvalue weighted by atomic mass is 35.5. The summed E-state index contributed by atoms with van der Waals surface area (Å²) in [5.74, 6) is -1.15. The number of hydrogen-bond acceptors (Lipinski definition) is 3. The van der Waals surface area contributed by atoms with Gasteiger partial charge in [-0.05, 0) is 12.1 Å². The molecule has 0 aliphatic rings. The van der Waals surface area contributed by atoms with Crippen LogP contribution in [0.5, 0.6) is 0 Å². The van der Waals surface area contributed by atoms with E-state index in [1.54, 1.807) is 18.2 Å². The van der Waals surface area contributed by atoms with Crippen molar-refractivity contribution < 1.29 is 14.4 Å². The maximum Gasteiger partial charge on any atom is 0.341 e. The van der Waals surface area contributed by atoms with Gasteiger partial charge >= 0.3 is 5.97 Å². The standard InChI is InChI=1S/C10H5Cl2NO3/c11-6-2-1-3-7(12)8(6)9-5(10(14)15)4-16-13-9/h1-4H,(H,14,15). The third-order valence-electron chi connectivity index (χ3n) is 2.00. The molecule has 6 heteroatoms. The summed E-state index contributed by atoms with van der Waals surface area (Å²) >= 11 is 11.9. The van der Waals surface area contributed by atoms with Crippen LogP contribution in [-0.2, 0) is 0 Å². The third-order valence-corrected chi connectivity index (χ3v) is 2.63. The second-order valence-corrected chi connectivity index (χ2v) is 3.79. The number of nitrogens with zero attached hydrogens (tertiary/aromatic N) is 1. The number of aromatic carboxylic acids is 1. The fraction of sp³-hybridized carbons (Fsp3) is 0. The number of halogens is 2. The second-order valence-electron chi connectivity index (χ2n) is 2.98. The lowest BCUT2D eigenvalue weighted by Crippen LogP contribution is -1.97. The van der Waals surface area contributed by atoms with Crippen LogP contribution in [0.1, 0.15) is 10.4 Å². The van der Waals surface area contributed by atoms with Gasteiger partial charge in [0.05, 0.1) is 10.0 Å². The molecule has 0 atom stereocenters. The van der Waals surface area contributed by atoms with Crippen LogP contribution in [-0.4, -0.2) is 16.2 Å². The summed E-state index contributed by atoms with van der Waals surface area (Å²) in [4.78, 5) is 10.9. The van der Waals surface area contributed by atoms with Gasteiger partial charge in [0, 0.05) is 5.56 Å². The number of hydrogen-bond donors (Lipinski definition) is 1. The van der Waals surface area contributed by atoms with Gasteiger partial charge in [-0.2, -0.15) is 0 Å². The largest absolute Gasteiger partial charge is 0.477 e. The summed E-state index contributed by atoms with van der Waals surface area (Å²) in [6.07, 6.45) is 1.04. The minimum Gasteiger partial charge on any atom is -0.477 e.